The standard InChI is InChI=1S/C12H8ClNO/c13-12-10(5-3-7-15)8-9-4-1-2-6-11(9)14-12/h1-2,4,6,8,15H,7H2. The second-order valence-electron chi connectivity index (χ2n) is 2.98. The maximum absolute atomic E-state index is 8.59. The summed E-state index contributed by atoms with van der Waals surface area (Å²) in [7, 11) is 0. The Kier molecular flexibility index (Phi) is 2.86. The quantitative estimate of drug-likeness (QED) is 0.542. The van der Waals surface area contributed by atoms with E-state index in [0.717, 1.165) is 10.9 Å². The maximum Gasteiger partial charge on any atom is 0.145 e. The minimum absolute atomic E-state index is 0.177. The van der Waals surface area contributed by atoms with E-state index in [1.165, 1.54) is 0 Å². The molecule has 1 aromatic carbocycles. The van der Waals surface area contributed by atoms with Gasteiger partial charge in [0.05, 0.1) is 11.1 Å². The van der Waals surface area contributed by atoms with E-state index < -0.39 is 0 Å². The molecular formula is C12H8ClNO. The zero-order valence-electron chi connectivity index (χ0n) is 7.87. The highest BCUT2D eigenvalue weighted by molar-refractivity contribution is 6.31. The van der Waals surface area contributed by atoms with Gasteiger partial charge in [0.2, 0.25) is 0 Å². The van der Waals surface area contributed by atoms with Gasteiger partial charge in [-0.2, -0.15) is 0 Å². The van der Waals surface area contributed by atoms with Crippen LogP contribution in [0.3, 0.4) is 0 Å². The van der Waals surface area contributed by atoms with E-state index in [-0.39, 0.29) is 6.61 Å². The lowest BCUT2D eigenvalue weighted by molar-refractivity contribution is 0.350. The van der Waals surface area contributed by atoms with Crippen LogP contribution in [0.4, 0.5) is 0 Å². The molecule has 1 N–H and O–H groups in total. The molecule has 0 fully saturated rings. The average molecular weight is 218 g/mol. The molecule has 0 aliphatic heterocycles. The molecule has 15 heavy (non-hydrogen) atoms. The predicted octanol–water partition coefficient (Wildman–Crippen LogP) is 2.23. The smallest absolute Gasteiger partial charge is 0.145 e. The SMILES string of the molecule is OCC#Cc1cc2ccccc2nc1Cl. The number of halogens is 1. The Bertz CT molecular complexity index is 554. The van der Waals surface area contributed by atoms with Gasteiger partial charge in [-0.25, -0.2) is 4.98 Å². The van der Waals surface area contributed by atoms with Crippen molar-refractivity contribution in [2.45, 2.75) is 0 Å². The molecule has 0 spiro atoms. The first-order valence-corrected chi connectivity index (χ1v) is 4.84. The zero-order chi connectivity index (χ0) is 10.7. The number of nitrogens with zero attached hydrogens (tertiary/aromatic N) is 1. The second-order valence-corrected chi connectivity index (χ2v) is 3.34. The van der Waals surface area contributed by atoms with Crippen molar-refractivity contribution in [2.75, 3.05) is 6.61 Å². The van der Waals surface area contributed by atoms with Crippen molar-refractivity contribution >= 4 is 22.5 Å². The summed E-state index contributed by atoms with van der Waals surface area (Å²) in [6.07, 6.45) is 0. The first-order chi connectivity index (χ1) is 7.31. The van der Waals surface area contributed by atoms with Gasteiger partial charge in [-0.15, -0.1) is 0 Å². The molecule has 0 aliphatic rings. The van der Waals surface area contributed by atoms with Crippen LogP contribution < -0.4 is 0 Å². The molecule has 0 unspecified atom stereocenters. The molecule has 0 amide bonds. The van der Waals surface area contributed by atoms with Gasteiger partial charge in [-0.05, 0) is 12.1 Å². The molecule has 2 nitrogen and oxygen atoms in total. The molecule has 1 heterocycles. The second kappa shape index (κ2) is 4.31. The Hall–Kier alpha value is -1.56. The molecule has 2 aromatic rings. The Labute approximate surface area is 92.5 Å². The number of aromatic nitrogens is 1. The molecule has 0 saturated heterocycles. The number of hydrogen-bond donors (Lipinski definition) is 1. The number of fused-ring (bicyclic) bond motifs is 1. The molecule has 2 rings (SSSR count). The minimum Gasteiger partial charge on any atom is -0.384 e. The van der Waals surface area contributed by atoms with Crippen molar-refractivity contribution in [1.29, 1.82) is 0 Å². The zero-order valence-corrected chi connectivity index (χ0v) is 8.62. The third-order valence-corrected chi connectivity index (χ3v) is 2.27. The highest BCUT2D eigenvalue weighted by Crippen LogP contribution is 2.19. The van der Waals surface area contributed by atoms with Gasteiger partial charge in [-0.1, -0.05) is 41.6 Å². The summed E-state index contributed by atoms with van der Waals surface area (Å²) in [6.45, 7) is -0.177. The highest BCUT2D eigenvalue weighted by atomic mass is 35.5. The number of aliphatic hydroxyl groups is 1. The molecular weight excluding hydrogens is 210 g/mol. The van der Waals surface area contributed by atoms with Crippen molar-refractivity contribution in [2.24, 2.45) is 0 Å². The lowest BCUT2D eigenvalue weighted by Crippen LogP contribution is -1.85. The maximum atomic E-state index is 8.59. The van der Waals surface area contributed by atoms with E-state index in [1.54, 1.807) is 0 Å². The lowest BCUT2D eigenvalue weighted by Gasteiger charge is -1.99. The van der Waals surface area contributed by atoms with Crippen LogP contribution >= 0.6 is 11.6 Å². The van der Waals surface area contributed by atoms with E-state index in [9.17, 15) is 0 Å². The van der Waals surface area contributed by atoms with Crippen LogP contribution in [0.2, 0.25) is 5.15 Å². The van der Waals surface area contributed by atoms with Crippen LogP contribution in [0.5, 0.6) is 0 Å². The summed E-state index contributed by atoms with van der Waals surface area (Å²) in [5, 5.41) is 9.95. The Morgan fingerprint density at radius 1 is 1.33 bits per heavy atom. The Morgan fingerprint density at radius 2 is 2.13 bits per heavy atom. The molecule has 0 bridgehead atoms. The summed E-state index contributed by atoms with van der Waals surface area (Å²) >= 11 is 5.94. The van der Waals surface area contributed by atoms with Crippen LogP contribution in [0.15, 0.2) is 30.3 Å². The van der Waals surface area contributed by atoms with E-state index in [0.29, 0.717) is 10.7 Å². The summed E-state index contributed by atoms with van der Waals surface area (Å²) in [5.41, 5.74) is 1.49. The average Bonchev–Trinajstić information content (AvgIpc) is 2.26. The molecule has 74 valence electrons. The number of para-hydroxylation sites is 1. The van der Waals surface area contributed by atoms with Crippen LogP contribution in [-0.4, -0.2) is 16.7 Å². The van der Waals surface area contributed by atoms with Crippen LogP contribution in [0, 0.1) is 11.8 Å². The minimum atomic E-state index is -0.177. The molecule has 3 heteroatoms. The summed E-state index contributed by atoms with van der Waals surface area (Å²) < 4.78 is 0. The molecule has 0 atom stereocenters. The first kappa shape index (κ1) is 9.97. The molecule has 1 aromatic heterocycles. The van der Waals surface area contributed by atoms with Gasteiger partial charge in [-0.3, -0.25) is 0 Å². The van der Waals surface area contributed by atoms with Gasteiger partial charge < -0.3 is 5.11 Å². The van der Waals surface area contributed by atoms with Gasteiger partial charge >= 0.3 is 0 Å². The van der Waals surface area contributed by atoms with Crippen molar-refractivity contribution in [3.63, 3.8) is 0 Å². The van der Waals surface area contributed by atoms with Gasteiger partial charge in [0, 0.05) is 5.39 Å². The van der Waals surface area contributed by atoms with Crippen molar-refractivity contribution in [3.05, 3.63) is 41.0 Å². The fourth-order valence-electron chi connectivity index (χ4n) is 1.31. The van der Waals surface area contributed by atoms with Crippen LogP contribution in [0.1, 0.15) is 5.56 Å². The van der Waals surface area contributed by atoms with E-state index >= 15 is 0 Å². The topological polar surface area (TPSA) is 33.1 Å². The molecule has 0 radical (unpaired) electrons. The Balaban J connectivity index is 2.62. The normalized spacial score (nSPS) is 9.73. The van der Waals surface area contributed by atoms with E-state index in [4.69, 9.17) is 16.7 Å². The highest BCUT2D eigenvalue weighted by Gasteiger charge is 2.01. The van der Waals surface area contributed by atoms with Crippen molar-refractivity contribution in [1.82, 2.24) is 4.98 Å². The lowest BCUT2D eigenvalue weighted by atomic mass is 10.1. The number of pyridine rings is 1. The summed E-state index contributed by atoms with van der Waals surface area (Å²) in [6, 6.07) is 9.55. The fraction of sp³-hybridized carbons (Fsp3) is 0.0833. The predicted molar refractivity (Wildman–Crippen MR) is 60.7 cm³/mol. The molecule has 0 aliphatic carbocycles. The molecule has 0 saturated carbocycles. The van der Waals surface area contributed by atoms with Crippen LogP contribution in [0.25, 0.3) is 10.9 Å². The number of aliphatic hydroxyl groups excluding tert-OH is 1. The largest absolute Gasteiger partial charge is 0.384 e. The third kappa shape index (κ3) is 2.10. The van der Waals surface area contributed by atoms with Gasteiger partial charge in [0.25, 0.3) is 0 Å². The summed E-state index contributed by atoms with van der Waals surface area (Å²) in [4.78, 5) is 4.21. The number of rotatable bonds is 0. The summed E-state index contributed by atoms with van der Waals surface area (Å²) in [5.74, 6) is 5.31. The van der Waals surface area contributed by atoms with Crippen molar-refractivity contribution < 1.29 is 5.11 Å². The number of hydrogen-bond acceptors (Lipinski definition) is 2. The monoisotopic (exact) mass is 217 g/mol. The van der Waals surface area contributed by atoms with E-state index in [2.05, 4.69) is 16.8 Å². The number of benzene rings is 1. The fourth-order valence-corrected chi connectivity index (χ4v) is 1.51. The van der Waals surface area contributed by atoms with Gasteiger partial charge in [0.1, 0.15) is 11.8 Å². The first-order valence-electron chi connectivity index (χ1n) is 4.46. The van der Waals surface area contributed by atoms with Crippen LogP contribution in [-0.2, 0) is 0 Å². The van der Waals surface area contributed by atoms with Crippen molar-refractivity contribution in [3.8, 4) is 11.8 Å². The van der Waals surface area contributed by atoms with E-state index in [1.807, 2.05) is 30.3 Å². The Morgan fingerprint density at radius 3 is 2.93 bits per heavy atom. The third-order valence-electron chi connectivity index (χ3n) is 1.98. The van der Waals surface area contributed by atoms with Gasteiger partial charge in [0.15, 0.2) is 0 Å².